The summed E-state index contributed by atoms with van der Waals surface area (Å²) in [7, 11) is -3.98. The van der Waals surface area contributed by atoms with E-state index in [1.54, 1.807) is 18.2 Å². The van der Waals surface area contributed by atoms with Gasteiger partial charge in [-0.2, -0.15) is 0 Å². The van der Waals surface area contributed by atoms with Gasteiger partial charge in [0.15, 0.2) is 0 Å². The normalized spacial score (nSPS) is 16.9. The fourth-order valence-electron chi connectivity index (χ4n) is 2.60. The lowest BCUT2D eigenvalue weighted by molar-refractivity contribution is -0.0330. The first-order chi connectivity index (χ1) is 11.9. The van der Waals surface area contributed by atoms with E-state index in [1.807, 2.05) is 29.8 Å². The van der Waals surface area contributed by atoms with Crippen LogP contribution in [-0.4, -0.2) is 20.8 Å². The van der Waals surface area contributed by atoms with Gasteiger partial charge < -0.3 is 9.47 Å². The van der Waals surface area contributed by atoms with Crippen molar-refractivity contribution in [1.29, 1.82) is 0 Å². The highest BCUT2D eigenvalue weighted by atomic mass is 32.2. The van der Waals surface area contributed by atoms with Gasteiger partial charge in [0.2, 0.25) is 6.29 Å². The fraction of sp³-hybridized carbons (Fsp3) is 0.278. The quantitative estimate of drug-likeness (QED) is 0.908. The lowest BCUT2D eigenvalue weighted by Crippen LogP contribution is -2.35. The molecule has 1 atom stereocenters. The van der Waals surface area contributed by atoms with Crippen LogP contribution in [0.1, 0.15) is 24.0 Å². The minimum atomic E-state index is -3.98. The second kappa shape index (κ2) is 7.14. The maximum absolute atomic E-state index is 12.2. The third-order valence-corrected chi connectivity index (χ3v) is 5.23. The molecule has 2 aromatic rings. The summed E-state index contributed by atoms with van der Waals surface area (Å²) in [6.07, 6.45) is 0.216. The Labute approximate surface area is 146 Å². The number of rotatable bonds is 3. The van der Waals surface area contributed by atoms with Crippen LogP contribution in [0.25, 0.3) is 0 Å². The van der Waals surface area contributed by atoms with E-state index in [-0.39, 0.29) is 4.90 Å². The Morgan fingerprint density at radius 1 is 1.16 bits per heavy atom. The van der Waals surface area contributed by atoms with Gasteiger partial charge in [-0.1, -0.05) is 35.9 Å². The predicted molar refractivity (Wildman–Crippen MR) is 91.8 cm³/mol. The molecule has 1 heterocycles. The molecule has 0 radical (unpaired) electrons. The number of sulfonamides is 1. The van der Waals surface area contributed by atoms with Crippen LogP contribution in [0.2, 0.25) is 0 Å². The molecule has 1 unspecified atom stereocenters. The predicted octanol–water partition coefficient (Wildman–Crippen LogP) is 3.15. The van der Waals surface area contributed by atoms with E-state index in [4.69, 9.17) is 9.47 Å². The van der Waals surface area contributed by atoms with Crippen LogP contribution < -0.4 is 9.46 Å². The summed E-state index contributed by atoms with van der Waals surface area (Å²) in [5, 5.41) is 0. The summed E-state index contributed by atoms with van der Waals surface area (Å²) >= 11 is 0. The van der Waals surface area contributed by atoms with Crippen molar-refractivity contribution < 1.29 is 22.7 Å². The lowest BCUT2D eigenvalue weighted by Gasteiger charge is -2.18. The second-order valence-electron chi connectivity index (χ2n) is 5.87. The molecule has 6 nitrogen and oxygen atoms in total. The summed E-state index contributed by atoms with van der Waals surface area (Å²) in [6.45, 7) is 1.85. The highest BCUT2D eigenvalue weighted by molar-refractivity contribution is 7.90. The molecule has 25 heavy (non-hydrogen) atoms. The number of carbonyl (C=O) groups is 1. The van der Waals surface area contributed by atoms with Crippen LogP contribution in [0.4, 0.5) is 4.79 Å². The van der Waals surface area contributed by atoms with Gasteiger partial charge in [0.1, 0.15) is 5.75 Å². The number of aryl methyl sites for hydroxylation is 2. The van der Waals surface area contributed by atoms with Crippen molar-refractivity contribution in [3.05, 3.63) is 59.7 Å². The molecule has 132 valence electrons. The van der Waals surface area contributed by atoms with Crippen molar-refractivity contribution in [2.24, 2.45) is 0 Å². The average Bonchev–Trinajstić information content (AvgIpc) is 2.76. The van der Waals surface area contributed by atoms with Crippen molar-refractivity contribution in [2.45, 2.75) is 37.4 Å². The minimum Gasteiger partial charge on any atom is -0.454 e. The van der Waals surface area contributed by atoms with Crippen LogP contribution >= 0.6 is 0 Å². The molecule has 1 N–H and O–H groups in total. The first-order valence-electron chi connectivity index (χ1n) is 7.99. The Hall–Kier alpha value is -2.54. The summed E-state index contributed by atoms with van der Waals surface area (Å²) in [5.41, 5.74) is 1.97. The van der Waals surface area contributed by atoms with Gasteiger partial charge in [-0.3, -0.25) is 0 Å². The highest BCUT2D eigenvalue weighted by Crippen LogP contribution is 2.26. The molecule has 1 amide bonds. The fourth-order valence-corrected chi connectivity index (χ4v) is 3.48. The number of carbonyl (C=O) groups excluding carboxylic acids is 1. The number of nitrogens with one attached hydrogen (secondary N) is 1. The molecule has 0 aromatic heterocycles. The Morgan fingerprint density at radius 3 is 2.64 bits per heavy atom. The standard InChI is InChI=1S/C18H19NO5S/c1-13-9-11-15(12-10-13)25(21,22)19-18(20)24-17-8-4-6-14-5-2-3-7-16(14)23-17/h2-3,5,7,9-12,17H,4,6,8H2,1H3,(H,19,20). The highest BCUT2D eigenvalue weighted by Gasteiger charge is 2.24. The smallest absolute Gasteiger partial charge is 0.424 e. The first kappa shape index (κ1) is 17.3. The number of amides is 1. The number of benzene rings is 2. The molecular weight excluding hydrogens is 342 g/mol. The Balaban J connectivity index is 1.65. The van der Waals surface area contributed by atoms with E-state index in [1.165, 1.54) is 12.1 Å². The zero-order valence-corrected chi connectivity index (χ0v) is 14.6. The third kappa shape index (κ3) is 4.30. The number of para-hydroxylation sites is 1. The molecule has 0 fully saturated rings. The van der Waals surface area contributed by atoms with Crippen LogP contribution in [-0.2, 0) is 21.2 Å². The molecule has 0 aliphatic carbocycles. The number of hydrogen-bond donors (Lipinski definition) is 1. The maximum atomic E-state index is 12.2. The number of hydrogen-bond acceptors (Lipinski definition) is 5. The summed E-state index contributed by atoms with van der Waals surface area (Å²) in [5.74, 6) is 0.652. The summed E-state index contributed by atoms with van der Waals surface area (Å²) in [6, 6.07) is 13.7. The van der Waals surface area contributed by atoms with E-state index in [0.717, 1.165) is 24.0 Å². The van der Waals surface area contributed by atoms with Gasteiger partial charge in [0.25, 0.3) is 10.0 Å². The molecule has 0 bridgehead atoms. The second-order valence-corrected chi connectivity index (χ2v) is 7.55. The van der Waals surface area contributed by atoms with Crippen LogP contribution in [0, 0.1) is 6.92 Å². The molecule has 7 heteroatoms. The SMILES string of the molecule is Cc1ccc(S(=O)(=O)NC(=O)OC2CCCc3ccccc3O2)cc1. The lowest BCUT2D eigenvalue weighted by atomic mass is 10.1. The van der Waals surface area contributed by atoms with Gasteiger partial charge >= 0.3 is 6.09 Å². The van der Waals surface area contributed by atoms with E-state index in [2.05, 4.69) is 0 Å². The van der Waals surface area contributed by atoms with E-state index in [0.29, 0.717) is 12.2 Å². The van der Waals surface area contributed by atoms with Crippen LogP contribution in [0.5, 0.6) is 5.75 Å². The largest absolute Gasteiger partial charge is 0.454 e. The first-order valence-corrected chi connectivity index (χ1v) is 9.47. The maximum Gasteiger partial charge on any atom is 0.424 e. The van der Waals surface area contributed by atoms with Crippen molar-refractivity contribution >= 4 is 16.1 Å². The van der Waals surface area contributed by atoms with E-state index < -0.39 is 22.4 Å². The van der Waals surface area contributed by atoms with Crippen LogP contribution in [0.3, 0.4) is 0 Å². The molecule has 0 saturated carbocycles. The molecule has 1 aliphatic heterocycles. The topological polar surface area (TPSA) is 81.7 Å². The Kier molecular flexibility index (Phi) is 4.94. The molecule has 3 rings (SSSR count). The van der Waals surface area contributed by atoms with Gasteiger partial charge in [-0.25, -0.2) is 17.9 Å². The molecule has 0 saturated heterocycles. The molecular formula is C18H19NO5S. The number of ether oxygens (including phenoxy) is 2. The molecule has 2 aromatic carbocycles. The summed E-state index contributed by atoms with van der Waals surface area (Å²) in [4.78, 5) is 12.0. The monoisotopic (exact) mass is 361 g/mol. The molecule has 0 spiro atoms. The van der Waals surface area contributed by atoms with Gasteiger partial charge in [-0.15, -0.1) is 0 Å². The van der Waals surface area contributed by atoms with Gasteiger partial charge in [0.05, 0.1) is 4.90 Å². The number of fused-ring (bicyclic) bond motifs is 1. The average molecular weight is 361 g/mol. The van der Waals surface area contributed by atoms with Gasteiger partial charge in [-0.05, 0) is 43.5 Å². The van der Waals surface area contributed by atoms with E-state index in [9.17, 15) is 13.2 Å². The van der Waals surface area contributed by atoms with Crippen molar-refractivity contribution in [1.82, 2.24) is 4.72 Å². The summed E-state index contributed by atoms with van der Waals surface area (Å²) < 4.78 is 37.2. The molecule has 1 aliphatic rings. The van der Waals surface area contributed by atoms with Crippen molar-refractivity contribution in [3.63, 3.8) is 0 Å². The third-order valence-electron chi connectivity index (χ3n) is 3.90. The van der Waals surface area contributed by atoms with Crippen molar-refractivity contribution in [3.8, 4) is 5.75 Å². The zero-order chi connectivity index (χ0) is 17.9. The van der Waals surface area contributed by atoms with Crippen molar-refractivity contribution in [2.75, 3.05) is 0 Å². The Bertz CT molecular complexity index is 861. The van der Waals surface area contributed by atoms with Crippen LogP contribution in [0.15, 0.2) is 53.4 Å². The van der Waals surface area contributed by atoms with E-state index >= 15 is 0 Å². The zero-order valence-electron chi connectivity index (χ0n) is 13.8. The Morgan fingerprint density at radius 2 is 1.88 bits per heavy atom. The minimum absolute atomic E-state index is 0.00202. The van der Waals surface area contributed by atoms with Gasteiger partial charge in [0, 0.05) is 6.42 Å².